The normalized spacial score (nSPS) is 11.8. The fourth-order valence-electron chi connectivity index (χ4n) is 2.35. The van der Waals surface area contributed by atoms with Gasteiger partial charge in [-0.2, -0.15) is 0 Å². The number of benzene rings is 2. The zero-order chi connectivity index (χ0) is 15.9. The first kappa shape index (κ1) is 16.2. The fraction of sp³-hybridized carbons (Fsp3) is 0.333. The molecule has 0 heterocycles. The lowest BCUT2D eigenvalue weighted by molar-refractivity contribution is 0.103. The van der Waals surface area contributed by atoms with Gasteiger partial charge in [-0.25, -0.2) is 0 Å². The van der Waals surface area contributed by atoms with E-state index in [1.807, 2.05) is 42.5 Å². The van der Waals surface area contributed by atoms with Crippen LogP contribution in [0, 0.1) is 0 Å². The second-order valence-electron chi connectivity index (χ2n) is 4.92. The van der Waals surface area contributed by atoms with Gasteiger partial charge >= 0.3 is 0 Å². The van der Waals surface area contributed by atoms with Crippen LogP contribution in [0.15, 0.2) is 42.5 Å². The molecule has 1 atom stereocenters. The molecule has 2 aromatic carbocycles. The van der Waals surface area contributed by atoms with Gasteiger partial charge in [0.15, 0.2) is 0 Å². The average Bonchev–Trinajstić information content (AvgIpc) is 2.59. The van der Waals surface area contributed by atoms with Crippen LogP contribution < -0.4 is 14.2 Å². The molecule has 0 fully saturated rings. The van der Waals surface area contributed by atoms with E-state index in [4.69, 9.17) is 18.9 Å². The van der Waals surface area contributed by atoms with Crippen LogP contribution in [0.3, 0.4) is 0 Å². The lowest BCUT2D eigenvalue weighted by atomic mass is 10.0. The Balaban J connectivity index is 2.21. The smallest absolute Gasteiger partial charge is 0.122 e. The van der Waals surface area contributed by atoms with Gasteiger partial charge in [0.2, 0.25) is 0 Å². The van der Waals surface area contributed by atoms with Crippen molar-refractivity contribution in [3.05, 3.63) is 53.6 Å². The Kier molecular flexibility index (Phi) is 5.67. The van der Waals surface area contributed by atoms with Crippen LogP contribution in [0.25, 0.3) is 0 Å². The molecule has 2 aromatic rings. The van der Waals surface area contributed by atoms with Crippen LogP contribution in [0.5, 0.6) is 17.2 Å². The van der Waals surface area contributed by atoms with Crippen LogP contribution >= 0.6 is 0 Å². The lowest BCUT2D eigenvalue weighted by Gasteiger charge is -2.17. The second kappa shape index (κ2) is 7.71. The van der Waals surface area contributed by atoms with Crippen molar-refractivity contribution in [2.24, 2.45) is 0 Å². The van der Waals surface area contributed by atoms with Gasteiger partial charge in [-0.3, -0.25) is 0 Å². The summed E-state index contributed by atoms with van der Waals surface area (Å²) in [6.45, 7) is 0. The molecule has 0 saturated carbocycles. The summed E-state index contributed by atoms with van der Waals surface area (Å²) < 4.78 is 21.4. The SMILES string of the molecule is COc1ccc(C(Cc2cc(OC)cc(OC)c2)OC)cc1. The molecular weight excluding hydrogens is 280 g/mol. The van der Waals surface area contributed by atoms with Gasteiger partial charge in [-0.1, -0.05) is 12.1 Å². The minimum absolute atomic E-state index is 0.0391. The molecule has 0 spiro atoms. The van der Waals surface area contributed by atoms with Crippen molar-refractivity contribution < 1.29 is 18.9 Å². The minimum atomic E-state index is -0.0391. The third kappa shape index (κ3) is 3.92. The molecule has 0 aliphatic carbocycles. The van der Waals surface area contributed by atoms with E-state index in [0.717, 1.165) is 34.8 Å². The highest BCUT2D eigenvalue weighted by Crippen LogP contribution is 2.28. The molecular formula is C18H22O4. The summed E-state index contributed by atoms with van der Waals surface area (Å²) in [5.41, 5.74) is 2.20. The molecule has 0 amide bonds. The van der Waals surface area contributed by atoms with Gasteiger partial charge in [0.05, 0.1) is 27.4 Å². The summed E-state index contributed by atoms with van der Waals surface area (Å²) in [7, 11) is 6.67. The van der Waals surface area contributed by atoms with Crippen molar-refractivity contribution in [1.29, 1.82) is 0 Å². The third-order valence-corrected chi connectivity index (χ3v) is 3.60. The Bertz CT molecular complexity index is 570. The van der Waals surface area contributed by atoms with Crippen molar-refractivity contribution in [2.45, 2.75) is 12.5 Å². The van der Waals surface area contributed by atoms with Crippen LogP contribution in [-0.2, 0) is 11.2 Å². The van der Waals surface area contributed by atoms with E-state index in [1.165, 1.54) is 0 Å². The molecule has 1 unspecified atom stereocenters. The molecule has 0 saturated heterocycles. The summed E-state index contributed by atoms with van der Waals surface area (Å²) in [5.74, 6) is 2.39. The van der Waals surface area contributed by atoms with Crippen LogP contribution in [-0.4, -0.2) is 28.4 Å². The lowest BCUT2D eigenvalue weighted by Crippen LogP contribution is -2.06. The molecule has 2 rings (SSSR count). The average molecular weight is 302 g/mol. The molecule has 0 aliphatic heterocycles. The number of hydrogen-bond acceptors (Lipinski definition) is 4. The maximum atomic E-state index is 5.64. The topological polar surface area (TPSA) is 36.9 Å². The minimum Gasteiger partial charge on any atom is -0.497 e. The first-order valence-electron chi connectivity index (χ1n) is 7.08. The Labute approximate surface area is 131 Å². The van der Waals surface area contributed by atoms with E-state index in [2.05, 4.69) is 0 Å². The van der Waals surface area contributed by atoms with Gasteiger partial charge in [-0.15, -0.1) is 0 Å². The van der Waals surface area contributed by atoms with Crippen molar-refractivity contribution in [3.8, 4) is 17.2 Å². The fourth-order valence-corrected chi connectivity index (χ4v) is 2.35. The molecule has 0 N–H and O–H groups in total. The summed E-state index contributed by atoms with van der Waals surface area (Å²) in [6, 6.07) is 13.8. The summed E-state index contributed by atoms with van der Waals surface area (Å²) in [5, 5.41) is 0. The van der Waals surface area contributed by atoms with Crippen molar-refractivity contribution >= 4 is 0 Å². The van der Waals surface area contributed by atoms with Crippen LogP contribution in [0.4, 0.5) is 0 Å². The Hall–Kier alpha value is -2.20. The Morgan fingerprint density at radius 2 is 1.27 bits per heavy atom. The highest BCUT2D eigenvalue weighted by molar-refractivity contribution is 5.39. The largest absolute Gasteiger partial charge is 0.497 e. The monoisotopic (exact) mass is 302 g/mol. The van der Waals surface area contributed by atoms with Crippen molar-refractivity contribution in [1.82, 2.24) is 0 Å². The molecule has 22 heavy (non-hydrogen) atoms. The maximum Gasteiger partial charge on any atom is 0.122 e. The molecule has 0 aromatic heterocycles. The standard InChI is InChI=1S/C18H22O4/c1-19-15-7-5-14(6-8-15)18(22-4)11-13-9-16(20-2)12-17(10-13)21-3/h5-10,12,18H,11H2,1-4H3. The van der Waals surface area contributed by atoms with Gasteiger partial charge in [0.25, 0.3) is 0 Å². The predicted octanol–water partition coefficient (Wildman–Crippen LogP) is 3.64. The molecule has 4 heteroatoms. The number of ether oxygens (including phenoxy) is 4. The Morgan fingerprint density at radius 3 is 1.73 bits per heavy atom. The van der Waals surface area contributed by atoms with Crippen molar-refractivity contribution in [3.63, 3.8) is 0 Å². The van der Waals surface area contributed by atoms with Crippen LogP contribution in [0.1, 0.15) is 17.2 Å². The zero-order valence-electron chi connectivity index (χ0n) is 13.5. The van der Waals surface area contributed by atoms with Crippen LogP contribution in [0.2, 0.25) is 0 Å². The molecule has 0 aliphatic rings. The van der Waals surface area contributed by atoms with Gasteiger partial charge < -0.3 is 18.9 Å². The first-order valence-corrected chi connectivity index (χ1v) is 7.08. The highest BCUT2D eigenvalue weighted by Gasteiger charge is 2.13. The van der Waals surface area contributed by atoms with E-state index < -0.39 is 0 Å². The summed E-state index contributed by atoms with van der Waals surface area (Å²) >= 11 is 0. The zero-order valence-corrected chi connectivity index (χ0v) is 13.5. The molecule has 4 nitrogen and oxygen atoms in total. The summed E-state index contributed by atoms with van der Waals surface area (Å²) in [4.78, 5) is 0. The predicted molar refractivity (Wildman–Crippen MR) is 86.0 cm³/mol. The quantitative estimate of drug-likeness (QED) is 0.782. The number of methoxy groups -OCH3 is 4. The summed E-state index contributed by atoms with van der Waals surface area (Å²) in [6.07, 6.45) is 0.693. The molecule has 0 bridgehead atoms. The molecule has 0 radical (unpaired) electrons. The number of hydrogen-bond donors (Lipinski definition) is 0. The van der Waals surface area contributed by atoms with E-state index in [1.54, 1.807) is 28.4 Å². The van der Waals surface area contributed by atoms with Gasteiger partial charge in [0, 0.05) is 19.6 Å². The van der Waals surface area contributed by atoms with Gasteiger partial charge in [-0.05, 0) is 35.4 Å². The third-order valence-electron chi connectivity index (χ3n) is 3.60. The van der Waals surface area contributed by atoms with E-state index in [0.29, 0.717) is 0 Å². The highest BCUT2D eigenvalue weighted by atomic mass is 16.5. The van der Waals surface area contributed by atoms with Gasteiger partial charge in [0.1, 0.15) is 17.2 Å². The van der Waals surface area contributed by atoms with Crippen molar-refractivity contribution in [2.75, 3.05) is 28.4 Å². The van der Waals surface area contributed by atoms with E-state index >= 15 is 0 Å². The number of rotatable bonds is 7. The van der Waals surface area contributed by atoms with E-state index in [-0.39, 0.29) is 6.10 Å². The first-order chi connectivity index (χ1) is 10.7. The Morgan fingerprint density at radius 1 is 0.727 bits per heavy atom. The molecule has 118 valence electrons. The maximum absolute atomic E-state index is 5.64. The second-order valence-corrected chi connectivity index (χ2v) is 4.92. The van der Waals surface area contributed by atoms with E-state index in [9.17, 15) is 0 Å².